The van der Waals surface area contributed by atoms with Crippen molar-refractivity contribution in [3.05, 3.63) is 23.5 Å². The molecule has 0 unspecified atom stereocenters. The summed E-state index contributed by atoms with van der Waals surface area (Å²) in [6.45, 7) is 1.70. The highest BCUT2D eigenvalue weighted by molar-refractivity contribution is 8.00. The van der Waals surface area contributed by atoms with Crippen molar-refractivity contribution in [1.82, 2.24) is 14.3 Å². The second kappa shape index (κ2) is 5.31. The Balaban J connectivity index is 2.34. The molecule has 0 radical (unpaired) electrons. The third kappa shape index (κ3) is 3.55. The number of pyridine rings is 1. The molecule has 3 N–H and O–H groups in total. The molecule has 0 amide bonds. The van der Waals surface area contributed by atoms with Crippen molar-refractivity contribution in [2.45, 2.75) is 22.5 Å². The van der Waals surface area contributed by atoms with Crippen molar-refractivity contribution in [3.8, 4) is 0 Å². The SMILES string of the molecule is Cc1nsc(Sc2cc(C(F)(F)F)cc(NN)n2)n1. The zero-order valence-electron chi connectivity index (χ0n) is 9.52. The van der Waals surface area contributed by atoms with Crippen LogP contribution >= 0.6 is 23.3 Å². The lowest BCUT2D eigenvalue weighted by molar-refractivity contribution is -0.137. The van der Waals surface area contributed by atoms with Gasteiger partial charge in [0.1, 0.15) is 16.7 Å². The summed E-state index contributed by atoms with van der Waals surface area (Å²) in [4.78, 5) is 7.99. The molecule has 0 aliphatic carbocycles. The highest BCUT2D eigenvalue weighted by Gasteiger charge is 2.31. The molecule has 2 rings (SSSR count). The molecule has 0 atom stereocenters. The Bertz CT molecular complexity index is 583. The average molecular weight is 307 g/mol. The quantitative estimate of drug-likeness (QED) is 0.670. The van der Waals surface area contributed by atoms with E-state index < -0.39 is 11.7 Å². The topological polar surface area (TPSA) is 76.7 Å². The van der Waals surface area contributed by atoms with Crippen LogP contribution in [-0.2, 0) is 6.18 Å². The van der Waals surface area contributed by atoms with Crippen molar-refractivity contribution >= 4 is 29.1 Å². The Hall–Kier alpha value is -1.39. The second-order valence-electron chi connectivity index (χ2n) is 3.43. The van der Waals surface area contributed by atoms with Crippen molar-refractivity contribution in [2.75, 3.05) is 5.43 Å². The normalized spacial score (nSPS) is 11.6. The number of nitrogens with one attached hydrogen (secondary N) is 1. The summed E-state index contributed by atoms with van der Waals surface area (Å²) in [7, 11) is 0. The molecule has 19 heavy (non-hydrogen) atoms. The van der Waals surface area contributed by atoms with Gasteiger partial charge in [-0.25, -0.2) is 15.8 Å². The summed E-state index contributed by atoms with van der Waals surface area (Å²) < 4.78 is 42.6. The number of hydrazine groups is 1. The van der Waals surface area contributed by atoms with Crippen LogP contribution in [0.4, 0.5) is 19.0 Å². The van der Waals surface area contributed by atoms with Crippen molar-refractivity contribution in [2.24, 2.45) is 5.84 Å². The Kier molecular flexibility index (Phi) is 3.92. The molecule has 2 heterocycles. The maximum absolute atomic E-state index is 12.7. The summed E-state index contributed by atoms with van der Waals surface area (Å²) >= 11 is 2.11. The first-order valence-corrected chi connectivity index (χ1v) is 6.51. The predicted octanol–water partition coefficient (Wildman–Crippen LogP) is 2.70. The largest absolute Gasteiger partial charge is 0.416 e. The first-order chi connectivity index (χ1) is 8.88. The highest BCUT2D eigenvalue weighted by atomic mass is 32.2. The van der Waals surface area contributed by atoms with E-state index in [0.29, 0.717) is 10.2 Å². The van der Waals surface area contributed by atoms with Gasteiger partial charge in [-0.2, -0.15) is 17.5 Å². The predicted molar refractivity (Wildman–Crippen MR) is 65.8 cm³/mol. The molecule has 0 saturated heterocycles. The molecule has 2 aromatic rings. The number of nitrogen functional groups attached to an aromatic ring is 1. The summed E-state index contributed by atoms with van der Waals surface area (Å²) in [5, 5.41) is 0.152. The number of aromatic nitrogens is 3. The second-order valence-corrected chi connectivity index (χ2v) is 5.45. The third-order valence-corrected chi connectivity index (χ3v) is 3.74. The number of hydrogen-bond donors (Lipinski definition) is 2. The average Bonchev–Trinajstić information content (AvgIpc) is 2.73. The van der Waals surface area contributed by atoms with Crippen LogP contribution in [0.2, 0.25) is 0 Å². The van der Waals surface area contributed by atoms with Gasteiger partial charge in [0.15, 0.2) is 4.34 Å². The van der Waals surface area contributed by atoms with Crippen LogP contribution in [0.25, 0.3) is 0 Å². The van der Waals surface area contributed by atoms with E-state index in [-0.39, 0.29) is 10.8 Å². The monoisotopic (exact) mass is 307 g/mol. The van der Waals surface area contributed by atoms with Crippen LogP contribution in [-0.4, -0.2) is 14.3 Å². The number of nitrogens with zero attached hydrogens (tertiary/aromatic N) is 3. The molecule has 5 nitrogen and oxygen atoms in total. The minimum Gasteiger partial charge on any atom is -0.308 e. The molecule has 0 bridgehead atoms. The zero-order valence-corrected chi connectivity index (χ0v) is 11.2. The number of hydrogen-bond acceptors (Lipinski definition) is 7. The molecule has 0 aliphatic rings. The van der Waals surface area contributed by atoms with Crippen LogP contribution < -0.4 is 11.3 Å². The number of anilines is 1. The van der Waals surface area contributed by atoms with Crippen molar-refractivity contribution in [3.63, 3.8) is 0 Å². The minimum absolute atomic E-state index is 0.0569. The number of nitrogens with two attached hydrogens (primary N) is 1. The van der Waals surface area contributed by atoms with Crippen LogP contribution in [0, 0.1) is 6.92 Å². The molecule has 0 aromatic carbocycles. The van der Waals surface area contributed by atoms with E-state index in [2.05, 4.69) is 19.8 Å². The Morgan fingerprint density at radius 1 is 1.32 bits per heavy atom. The molecule has 0 spiro atoms. The van der Waals surface area contributed by atoms with Gasteiger partial charge in [0, 0.05) is 0 Å². The van der Waals surface area contributed by atoms with Crippen LogP contribution in [0.15, 0.2) is 21.5 Å². The van der Waals surface area contributed by atoms with E-state index in [0.717, 1.165) is 35.4 Å². The number of aryl methyl sites for hydroxylation is 1. The smallest absolute Gasteiger partial charge is 0.308 e. The molecular weight excluding hydrogens is 299 g/mol. The van der Waals surface area contributed by atoms with Gasteiger partial charge in [-0.3, -0.25) is 0 Å². The Morgan fingerprint density at radius 2 is 2.05 bits per heavy atom. The van der Waals surface area contributed by atoms with Gasteiger partial charge in [0.25, 0.3) is 0 Å². The van der Waals surface area contributed by atoms with E-state index in [4.69, 9.17) is 5.84 Å². The summed E-state index contributed by atoms with van der Waals surface area (Å²) in [6.07, 6.45) is -4.46. The van der Waals surface area contributed by atoms with E-state index in [1.165, 1.54) is 0 Å². The molecular formula is C9H8F3N5S2. The molecule has 0 fully saturated rings. The fraction of sp³-hybridized carbons (Fsp3) is 0.222. The minimum atomic E-state index is -4.46. The lowest BCUT2D eigenvalue weighted by Gasteiger charge is -2.10. The van der Waals surface area contributed by atoms with Crippen LogP contribution in [0.1, 0.15) is 11.4 Å². The van der Waals surface area contributed by atoms with Gasteiger partial charge in [0.2, 0.25) is 0 Å². The molecule has 2 aromatic heterocycles. The summed E-state index contributed by atoms with van der Waals surface area (Å²) in [5.74, 6) is 5.62. The standard InChI is InChI=1S/C9H8F3N5S2/c1-4-14-8(19-17-4)18-7-3-5(9(10,11)12)2-6(15-7)16-13/h2-3H,13H2,1H3,(H,15,16). The van der Waals surface area contributed by atoms with E-state index in [1.54, 1.807) is 6.92 Å². The fourth-order valence-electron chi connectivity index (χ4n) is 1.20. The van der Waals surface area contributed by atoms with E-state index >= 15 is 0 Å². The maximum Gasteiger partial charge on any atom is 0.416 e. The molecule has 10 heteroatoms. The maximum atomic E-state index is 12.7. The molecule has 0 aliphatic heterocycles. The summed E-state index contributed by atoms with van der Waals surface area (Å²) in [5.41, 5.74) is 1.29. The number of halogens is 3. The van der Waals surface area contributed by atoms with Crippen molar-refractivity contribution in [1.29, 1.82) is 0 Å². The Labute approximate surface area is 114 Å². The zero-order chi connectivity index (χ0) is 14.0. The van der Waals surface area contributed by atoms with Gasteiger partial charge in [-0.1, -0.05) is 0 Å². The summed E-state index contributed by atoms with van der Waals surface area (Å²) in [6, 6.07) is 1.79. The number of alkyl halides is 3. The highest BCUT2D eigenvalue weighted by Crippen LogP contribution is 2.35. The van der Waals surface area contributed by atoms with Crippen molar-refractivity contribution < 1.29 is 13.2 Å². The molecule has 102 valence electrons. The fourth-order valence-corrected chi connectivity index (χ4v) is 2.83. The third-order valence-electron chi connectivity index (χ3n) is 1.98. The van der Waals surface area contributed by atoms with E-state index in [1.807, 2.05) is 0 Å². The van der Waals surface area contributed by atoms with E-state index in [9.17, 15) is 13.2 Å². The lowest BCUT2D eigenvalue weighted by atomic mass is 10.2. The van der Waals surface area contributed by atoms with Crippen LogP contribution in [0.3, 0.4) is 0 Å². The van der Waals surface area contributed by atoms with Crippen LogP contribution in [0.5, 0.6) is 0 Å². The van der Waals surface area contributed by atoms with Gasteiger partial charge in [-0.05, 0) is 42.4 Å². The first-order valence-electron chi connectivity index (χ1n) is 4.92. The molecule has 0 saturated carbocycles. The Morgan fingerprint density at radius 3 is 2.58 bits per heavy atom. The number of rotatable bonds is 3. The van der Waals surface area contributed by atoms with Gasteiger partial charge in [-0.15, -0.1) is 0 Å². The van der Waals surface area contributed by atoms with Gasteiger partial charge < -0.3 is 5.43 Å². The first kappa shape index (κ1) is 14.0. The van der Waals surface area contributed by atoms with Gasteiger partial charge in [0.05, 0.1) is 5.56 Å². The lowest BCUT2D eigenvalue weighted by Crippen LogP contribution is -2.12. The van der Waals surface area contributed by atoms with Gasteiger partial charge >= 0.3 is 6.18 Å².